The minimum Gasteiger partial charge on any atom is -0.378 e. The maximum Gasteiger partial charge on any atom is 0.257 e. The van der Waals surface area contributed by atoms with Gasteiger partial charge in [-0.15, -0.1) is 0 Å². The average Bonchev–Trinajstić information content (AvgIpc) is 2.55. The molecule has 0 aliphatic heterocycles. The van der Waals surface area contributed by atoms with E-state index in [2.05, 4.69) is 5.32 Å². The molecule has 0 aromatic heterocycles. The Morgan fingerprint density at radius 1 is 1.13 bits per heavy atom. The number of hydrogen-bond acceptors (Lipinski definition) is 3. The van der Waals surface area contributed by atoms with Crippen molar-refractivity contribution in [3.63, 3.8) is 0 Å². The monoisotopic (exact) mass is 332 g/mol. The summed E-state index contributed by atoms with van der Waals surface area (Å²) in [7, 11) is 3.23. The fraction of sp³-hybridized carbons (Fsp3) is 0.176. The van der Waals surface area contributed by atoms with Gasteiger partial charge in [0.05, 0.1) is 10.6 Å². The highest BCUT2D eigenvalue weighted by Crippen LogP contribution is 2.23. The number of nitrogens with zero attached hydrogens (tertiary/aromatic N) is 1. The van der Waals surface area contributed by atoms with Crippen LogP contribution in [0.15, 0.2) is 48.5 Å². The number of rotatable bonds is 4. The van der Waals surface area contributed by atoms with Crippen LogP contribution in [-0.2, 0) is 4.79 Å². The van der Waals surface area contributed by atoms with E-state index in [0.717, 1.165) is 0 Å². The molecule has 0 radical (unpaired) electrons. The van der Waals surface area contributed by atoms with Gasteiger partial charge in [0.1, 0.15) is 0 Å². The van der Waals surface area contributed by atoms with Crippen molar-refractivity contribution in [2.24, 2.45) is 0 Å². The van der Waals surface area contributed by atoms with Crippen LogP contribution in [-0.4, -0.2) is 35.9 Å². The molecule has 6 heteroatoms. The molecule has 0 fully saturated rings. The molecule has 1 unspecified atom stereocenters. The largest absolute Gasteiger partial charge is 0.378 e. The number of nitrogens with one attached hydrogen (secondary N) is 1. The molecule has 2 rings (SSSR count). The molecule has 2 amide bonds. The van der Waals surface area contributed by atoms with Crippen molar-refractivity contribution in [3.8, 4) is 0 Å². The Balaban J connectivity index is 2.18. The highest BCUT2D eigenvalue weighted by Gasteiger charge is 2.19. The number of amides is 2. The van der Waals surface area contributed by atoms with Crippen LogP contribution in [0.3, 0.4) is 0 Å². The third kappa shape index (κ3) is 4.09. The first-order valence-electron chi connectivity index (χ1n) is 6.95. The maximum absolute atomic E-state index is 12.1. The molecule has 0 saturated heterocycles. The molecule has 0 spiro atoms. The number of anilines is 1. The van der Waals surface area contributed by atoms with Crippen molar-refractivity contribution in [3.05, 3.63) is 64.7 Å². The molecule has 0 saturated carbocycles. The van der Waals surface area contributed by atoms with Crippen LogP contribution < -0.4 is 5.32 Å². The molecule has 2 N–H and O–H groups in total. The van der Waals surface area contributed by atoms with Crippen molar-refractivity contribution in [1.82, 2.24) is 4.90 Å². The average molecular weight is 333 g/mol. The summed E-state index contributed by atoms with van der Waals surface area (Å²) in [4.78, 5) is 25.6. The summed E-state index contributed by atoms with van der Waals surface area (Å²) in [5, 5.41) is 12.9. The zero-order chi connectivity index (χ0) is 17.0. The van der Waals surface area contributed by atoms with Crippen LogP contribution in [0.4, 0.5) is 5.69 Å². The lowest BCUT2D eigenvalue weighted by molar-refractivity contribution is -0.124. The summed E-state index contributed by atoms with van der Waals surface area (Å²) in [5.74, 6) is -0.850. The van der Waals surface area contributed by atoms with E-state index in [1.54, 1.807) is 50.5 Å². The van der Waals surface area contributed by atoms with Gasteiger partial charge in [0, 0.05) is 19.8 Å². The number of hydrogen-bond donors (Lipinski definition) is 2. The topological polar surface area (TPSA) is 69.6 Å². The van der Waals surface area contributed by atoms with E-state index >= 15 is 0 Å². The number of benzene rings is 2. The Kier molecular flexibility index (Phi) is 5.36. The summed E-state index contributed by atoms with van der Waals surface area (Å²) < 4.78 is 0. The first-order chi connectivity index (χ1) is 10.9. The Morgan fingerprint density at radius 2 is 1.78 bits per heavy atom. The van der Waals surface area contributed by atoms with E-state index in [1.807, 2.05) is 0 Å². The predicted octanol–water partition coefficient (Wildman–Crippen LogP) is 2.71. The Morgan fingerprint density at radius 3 is 2.39 bits per heavy atom. The molecule has 2 aromatic carbocycles. The van der Waals surface area contributed by atoms with E-state index in [0.29, 0.717) is 16.3 Å². The quantitative estimate of drug-likeness (QED) is 0.904. The smallest absolute Gasteiger partial charge is 0.257 e. The molecule has 2 aromatic rings. The molecule has 0 bridgehead atoms. The Labute approximate surface area is 139 Å². The molecular formula is C17H17ClN2O3. The van der Waals surface area contributed by atoms with Gasteiger partial charge in [-0.1, -0.05) is 41.9 Å². The Hall–Kier alpha value is -2.37. The standard InChI is InChI=1S/C17H17ClN2O3/c1-20(2)17(23)13-10-12(8-9-14(13)18)19-16(22)15(21)11-6-4-3-5-7-11/h3-10,15,21H,1-2H3,(H,19,22). The first-order valence-corrected chi connectivity index (χ1v) is 7.33. The molecule has 0 aliphatic rings. The zero-order valence-electron chi connectivity index (χ0n) is 12.8. The number of carbonyl (C=O) groups excluding carboxylic acids is 2. The lowest BCUT2D eigenvalue weighted by atomic mass is 10.1. The van der Waals surface area contributed by atoms with Gasteiger partial charge >= 0.3 is 0 Å². The third-order valence-electron chi connectivity index (χ3n) is 3.23. The molecule has 5 nitrogen and oxygen atoms in total. The SMILES string of the molecule is CN(C)C(=O)c1cc(NC(=O)C(O)c2ccccc2)ccc1Cl. The second-order valence-electron chi connectivity index (χ2n) is 5.20. The van der Waals surface area contributed by atoms with Gasteiger partial charge in [-0.3, -0.25) is 9.59 Å². The van der Waals surface area contributed by atoms with Crippen molar-refractivity contribution >= 4 is 29.1 Å². The second kappa shape index (κ2) is 7.26. The minimum atomic E-state index is -1.29. The molecule has 23 heavy (non-hydrogen) atoms. The minimum absolute atomic E-state index is 0.269. The number of carbonyl (C=O) groups is 2. The van der Waals surface area contributed by atoms with Crippen molar-refractivity contribution in [2.75, 3.05) is 19.4 Å². The van der Waals surface area contributed by atoms with Crippen LogP contribution in [0.25, 0.3) is 0 Å². The predicted molar refractivity (Wildman–Crippen MR) is 89.5 cm³/mol. The summed E-state index contributed by atoms with van der Waals surface area (Å²) in [6.45, 7) is 0. The van der Waals surface area contributed by atoms with Crippen molar-refractivity contribution in [1.29, 1.82) is 0 Å². The van der Waals surface area contributed by atoms with Crippen molar-refractivity contribution in [2.45, 2.75) is 6.10 Å². The number of halogens is 1. The lowest BCUT2D eigenvalue weighted by Crippen LogP contribution is -2.23. The molecule has 0 aliphatic carbocycles. The summed E-state index contributed by atoms with van der Waals surface area (Å²) in [5.41, 5.74) is 1.16. The van der Waals surface area contributed by atoms with Gasteiger partial charge in [-0.25, -0.2) is 0 Å². The zero-order valence-corrected chi connectivity index (χ0v) is 13.5. The second-order valence-corrected chi connectivity index (χ2v) is 5.60. The highest BCUT2D eigenvalue weighted by molar-refractivity contribution is 6.34. The van der Waals surface area contributed by atoms with Gasteiger partial charge in [-0.2, -0.15) is 0 Å². The van der Waals surface area contributed by atoms with Gasteiger partial charge in [0.2, 0.25) is 0 Å². The third-order valence-corrected chi connectivity index (χ3v) is 3.56. The number of aliphatic hydroxyl groups excluding tert-OH is 1. The summed E-state index contributed by atoms with van der Waals surface area (Å²) in [6, 6.07) is 13.2. The van der Waals surface area contributed by atoms with Crippen molar-refractivity contribution < 1.29 is 14.7 Å². The van der Waals surface area contributed by atoms with Gasteiger partial charge < -0.3 is 15.3 Å². The first kappa shape index (κ1) is 17.0. The maximum atomic E-state index is 12.1. The lowest BCUT2D eigenvalue weighted by Gasteiger charge is -2.15. The van der Waals surface area contributed by atoms with E-state index in [4.69, 9.17) is 11.6 Å². The van der Waals surface area contributed by atoms with E-state index < -0.39 is 12.0 Å². The van der Waals surface area contributed by atoms with Crippen LogP contribution in [0.2, 0.25) is 5.02 Å². The fourth-order valence-corrected chi connectivity index (χ4v) is 2.20. The van der Waals surface area contributed by atoms with Gasteiger partial charge in [-0.05, 0) is 23.8 Å². The summed E-state index contributed by atoms with van der Waals surface area (Å²) >= 11 is 6.02. The molecule has 0 heterocycles. The Bertz CT molecular complexity index is 717. The van der Waals surface area contributed by atoms with Crippen LogP contribution >= 0.6 is 11.6 Å². The summed E-state index contributed by atoms with van der Waals surface area (Å²) in [6.07, 6.45) is -1.29. The van der Waals surface area contributed by atoms with Crippen LogP contribution in [0.1, 0.15) is 22.0 Å². The molecule has 1 atom stereocenters. The number of aliphatic hydroxyl groups is 1. The van der Waals surface area contributed by atoms with E-state index in [1.165, 1.54) is 17.0 Å². The van der Waals surface area contributed by atoms with E-state index in [-0.39, 0.29) is 11.5 Å². The van der Waals surface area contributed by atoms with Gasteiger partial charge in [0.15, 0.2) is 6.10 Å². The highest BCUT2D eigenvalue weighted by atomic mass is 35.5. The van der Waals surface area contributed by atoms with Crippen LogP contribution in [0, 0.1) is 0 Å². The normalized spacial score (nSPS) is 11.7. The van der Waals surface area contributed by atoms with Gasteiger partial charge in [0.25, 0.3) is 11.8 Å². The van der Waals surface area contributed by atoms with E-state index in [9.17, 15) is 14.7 Å². The molecule has 120 valence electrons. The van der Waals surface area contributed by atoms with Crippen LogP contribution in [0.5, 0.6) is 0 Å². The molecular weight excluding hydrogens is 316 g/mol. The fourth-order valence-electron chi connectivity index (χ4n) is 2.01.